The van der Waals surface area contributed by atoms with E-state index in [1.54, 1.807) is 12.3 Å². The van der Waals surface area contributed by atoms with E-state index in [2.05, 4.69) is 10.3 Å². The first-order chi connectivity index (χ1) is 8.16. The number of nitrogens with two attached hydrogens (primary N) is 1. The number of carbonyl (C=O) groups excluding carboxylic acids is 1. The van der Waals surface area contributed by atoms with Crippen LogP contribution in [0.15, 0.2) is 18.3 Å². The number of nitrogens with one attached hydrogen (secondary N) is 1. The number of rotatable bonds is 3. The fraction of sp³-hybridized carbons (Fsp3) is 0.500. The molecular formula is C12H16ClN3O. The lowest BCUT2D eigenvalue weighted by molar-refractivity contribution is -0.122. The molecule has 1 aromatic heterocycles. The fourth-order valence-electron chi connectivity index (χ4n) is 2.21. The van der Waals surface area contributed by atoms with Crippen LogP contribution < -0.4 is 11.1 Å². The molecule has 0 aliphatic heterocycles. The van der Waals surface area contributed by atoms with E-state index in [-0.39, 0.29) is 11.8 Å². The molecule has 92 valence electrons. The Morgan fingerprint density at radius 1 is 1.41 bits per heavy atom. The molecule has 1 aliphatic rings. The minimum atomic E-state index is -0.181. The quantitative estimate of drug-likeness (QED) is 0.868. The van der Waals surface area contributed by atoms with Gasteiger partial charge in [-0.1, -0.05) is 11.6 Å². The number of carbonyl (C=O) groups is 1. The highest BCUT2D eigenvalue weighted by Gasteiger charge is 2.24. The van der Waals surface area contributed by atoms with E-state index >= 15 is 0 Å². The molecule has 17 heavy (non-hydrogen) atoms. The van der Waals surface area contributed by atoms with Gasteiger partial charge in [0.15, 0.2) is 0 Å². The predicted octanol–water partition coefficient (Wildman–Crippen LogP) is 2.19. The van der Waals surface area contributed by atoms with Gasteiger partial charge < -0.3 is 11.1 Å². The van der Waals surface area contributed by atoms with Crippen LogP contribution in [-0.2, 0) is 4.79 Å². The Hall–Kier alpha value is -1.29. The van der Waals surface area contributed by atoms with Crippen LogP contribution in [0.2, 0.25) is 5.02 Å². The van der Waals surface area contributed by atoms with Crippen molar-refractivity contribution in [1.82, 2.24) is 4.98 Å². The summed E-state index contributed by atoms with van der Waals surface area (Å²) in [4.78, 5) is 15.2. The Balaban J connectivity index is 1.90. The Kier molecular flexibility index (Phi) is 3.84. The van der Waals surface area contributed by atoms with Gasteiger partial charge in [0.1, 0.15) is 5.82 Å². The Labute approximate surface area is 106 Å². The molecule has 0 saturated heterocycles. The van der Waals surface area contributed by atoms with Crippen LogP contribution in [0.25, 0.3) is 0 Å². The number of nitrogens with zero attached hydrogens (tertiary/aromatic N) is 1. The average Bonchev–Trinajstić information content (AvgIpc) is 2.33. The number of hydrogen-bond donors (Lipinski definition) is 2. The molecule has 0 aromatic carbocycles. The molecular weight excluding hydrogens is 238 g/mol. The lowest BCUT2D eigenvalue weighted by atomic mass is 9.85. The second-order valence-corrected chi connectivity index (χ2v) is 4.84. The first-order valence-corrected chi connectivity index (χ1v) is 6.21. The third-order valence-electron chi connectivity index (χ3n) is 3.23. The molecule has 1 amide bonds. The van der Waals surface area contributed by atoms with Gasteiger partial charge in [0.05, 0.1) is 5.02 Å². The van der Waals surface area contributed by atoms with Gasteiger partial charge in [0.2, 0.25) is 5.91 Å². The number of amides is 1. The molecule has 5 heteroatoms. The molecule has 0 spiro atoms. The minimum absolute atomic E-state index is 0.0345. The van der Waals surface area contributed by atoms with Crippen molar-refractivity contribution in [2.24, 2.45) is 11.7 Å². The van der Waals surface area contributed by atoms with Gasteiger partial charge in [0.25, 0.3) is 0 Å². The summed E-state index contributed by atoms with van der Waals surface area (Å²) in [6.07, 6.45) is 5.26. The summed E-state index contributed by atoms with van der Waals surface area (Å²) >= 11 is 6.02. The monoisotopic (exact) mass is 253 g/mol. The topological polar surface area (TPSA) is 68.0 Å². The Morgan fingerprint density at radius 2 is 2.12 bits per heavy atom. The standard InChI is InChI=1S/C12H16ClN3O/c13-10-2-1-7-15-12(10)16-9-5-3-8(4-6-9)11(14)17/h1-2,7-9H,3-6H2,(H2,14,17)(H,15,16). The molecule has 2 rings (SSSR count). The molecule has 1 heterocycles. The zero-order chi connectivity index (χ0) is 12.3. The summed E-state index contributed by atoms with van der Waals surface area (Å²) in [5, 5.41) is 3.94. The summed E-state index contributed by atoms with van der Waals surface area (Å²) in [7, 11) is 0. The smallest absolute Gasteiger partial charge is 0.220 e. The summed E-state index contributed by atoms with van der Waals surface area (Å²) in [6.45, 7) is 0. The van der Waals surface area contributed by atoms with Crippen molar-refractivity contribution >= 4 is 23.3 Å². The Bertz CT molecular complexity index is 402. The van der Waals surface area contributed by atoms with Gasteiger partial charge in [-0.3, -0.25) is 4.79 Å². The molecule has 1 aliphatic carbocycles. The average molecular weight is 254 g/mol. The van der Waals surface area contributed by atoms with Crippen LogP contribution in [0.5, 0.6) is 0 Å². The number of aromatic nitrogens is 1. The maximum Gasteiger partial charge on any atom is 0.220 e. The van der Waals surface area contributed by atoms with E-state index in [1.807, 2.05) is 6.07 Å². The number of primary amides is 1. The Morgan fingerprint density at radius 3 is 2.71 bits per heavy atom. The molecule has 0 unspecified atom stereocenters. The SMILES string of the molecule is NC(=O)C1CCC(Nc2ncccc2Cl)CC1. The molecule has 0 atom stereocenters. The van der Waals surface area contributed by atoms with Crippen molar-refractivity contribution in [2.75, 3.05) is 5.32 Å². The van der Waals surface area contributed by atoms with Gasteiger partial charge in [-0.15, -0.1) is 0 Å². The van der Waals surface area contributed by atoms with Gasteiger partial charge in [-0.05, 0) is 37.8 Å². The van der Waals surface area contributed by atoms with Crippen molar-refractivity contribution < 1.29 is 4.79 Å². The van der Waals surface area contributed by atoms with Gasteiger partial charge in [-0.2, -0.15) is 0 Å². The van der Waals surface area contributed by atoms with E-state index in [4.69, 9.17) is 17.3 Å². The summed E-state index contributed by atoms with van der Waals surface area (Å²) in [5.74, 6) is 0.572. The van der Waals surface area contributed by atoms with E-state index in [1.165, 1.54) is 0 Å². The summed E-state index contributed by atoms with van der Waals surface area (Å²) in [5.41, 5.74) is 5.30. The van der Waals surface area contributed by atoms with Gasteiger partial charge in [-0.25, -0.2) is 4.98 Å². The zero-order valence-corrected chi connectivity index (χ0v) is 10.3. The number of anilines is 1. The molecule has 1 aromatic rings. The van der Waals surface area contributed by atoms with Crippen LogP contribution in [0.3, 0.4) is 0 Å². The highest BCUT2D eigenvalue weighted by Crippen LogP contribution is 2.27. The summed E-state index contributed by atoms with van der Waals surface area (Å²) in [6, 6.07) is 3.95. The van der Waals surface area contributed by atoms with Crippen molar-refractivity contribution in [3.8, 4) is 0 Å². The second-order valence-electron chi connectivity index (χ2n) is 4.43. The van der Waals surface area contributed by atoms with E-state index < -0.39 is 0 Å². The molecule has 4 nitrogen and oxygen atoms in total. The number of pyridine rings is 1. The third-order valence-corrected chi connectivity index (χ3v) is 3.53. The van der Waals surface area contributed by atoms with Crippen molar-refractivity contribution in [3.63, 3.8) is 0 Å². The van der Waals surface area contributed by atoms with E-state index in [0.29, 0.717) is 11.1 Å². The van der Waals surface area contributed by atoms with Crippen molar-refractivity contribution in [3.05, 3.63) is 23.4 Å². The van der Waals surface area contributed by atoms with Gasteiger partial charge in [0, 0.05) is 18.2 Å². The molecule has 0 radical (unpaired) electrons. The van der Waals surface area contributed by atoms with Crippen molar-refractivity contribution in [1.29, 1.82) is 0 Å². The normalized spacial score (nSPS) is 24.3. The van der Waals surface area contributed by atoms with E-state index in [0.717, 1.165) is 31.5 Å². The highest BCUT2D eigenvalue weighted by molar-refractivity contribution is 6.32. The molecule has 0 bridgehead atoms. The maximum atomic E-state index is 11.0. The molecule has 1 fully saturated rings. The van der Waals surface area contributed by atoms with Crippen LogP contribution in [-0.4, -0.2) is 16.9 Å². The fourth-order valence-corrected chi connectivity index (χ4v) is 2.38. The number of halogens is 1. The first kappa shape index (κ1) is 12.2. The van der Waals surface area contributed by atoms with Crippen LogP contribution in [0.1, 0.15) is 25.7 Å². The maximum absolute atomic E-state index is 11.0. The lowest BCUT2D eigenvalue weighted by Crippen LogP contribution is -2.32. The van der Waals surface area contributed by atoms with Crippen molar-refractivity contribution in [2.45, 2.75) is 31.7 Å². The van der Waals surface area contributed by atoms with Crippen LogP contribution in [0.4, 0.5) is 5.82 Å². The minimum Gasteiger partial charge on any atom is -0.369 e. The third kappa shape index (κ3) is 3.09. The predicted molar refractivity (Wildman–Crippen MR) is 67.8 cm³/mol. The first-order valence-electron chi connectivity index (χ1n) is 5.83. The molecule has 1 saturated carbocycles. The van der Waals surface area contributed by atoms with E-state index in [9.17, 15) is 4.79 Å². The van der Waals surface area contributed by atoms with Crippen LogP contribution in [0, 0.1) is 5.92 Å². The summed E-state index contributed by atoms with van der Waals surface area (Å²) < 4.78 is 0. The number of hydrogen-bond acceptors (Lipinski definition) is 3. The zero-order valence-electron chi connectivity index (χ0n) is 9.53. The van der Waals surface area contributed by atoms with Gasteiger partial charge >= 0.3 is 0 Å². The largest absolute Gasteiger partial charge is 0.369 e. The highest BCUT2D eigenvalue weighted by atomic mass is 35.5. The lowest BCUT2D eigenvalue weighted by Gasteiger charge is -2.27. The van der Waals surface area contributed by atoms with Crippen LogP contribution >= 0.6 is 11.6 Å². The molecule has 3 N–H and O–H groups in total. The second kappa shape index (κ2) is 5.36.